The SMILES string of the molecule is CCCCCCCCO[C@@H]1O[C@H](CO)[C@H](O[C@H]2O[C@H](CO)[C@H](O)[C@H](O[C@H]3O[C@H](CO)[C@H](O)[C@H](O[C@H]4O[C@H](CO)[C@H](O)[C@H](O)[C@H]4NC(C)=O)[C@H]3NC(C)=O)[C@H]2O)[C@H](O)[C@H]1O. The van der Waals surface area contributed by atoms with Gasteiger partial charge in [0, 0.05) is 20.5 Å². The van der Waals surface area contributed by atoms with E-state index in [2.05, 4.69) is 17.6 Å². The Morgan fingerprint density at radius 3 is 1.51 bits per heavy atom. The van der Waals surface area contributed by atoms with Crippen molar-refractivity contribution in [3.63, 3.8) is 0 Å². The van der Waals surface area contributed by atoms with Gasteiger partial charge in [0.1, 0.15) is 97.5 Å². The number of hydrogen-bond acceptors (Lipinski definition) is 21. The summed E-state index contributed by atoms with van der Waals surface area (Å²) in [5, 5.41) is 123. The first kappa shape index (κ1) is 49.8. The zero-order chi connectivity index (χ0) is 43.6. The molecule has 0 aromatic heterocycles. The van der Waals surface area contributed by atoms with Crippen LogP contribution in [-0.4, -0.2) is 224 Å². The van der Waals surface area contributed by atoms with Crippen molar-refractivity contribution in [2.24, 2.45) is 0 Å². The maximum Gasteiger partial charge on any atom is 0.217 e. The topological polar surface area (TPSA) is 355 Å². The molecule has 4 rings (SSSR count). The van der Waals surface area contributed by atoms with Gasteiger partial charge in [-0.2, -0.15) is 0 Å². The van der Waals surface area contributed by atoms with E-state index < -0.39 is 161 Å². The van der Waals surface area contributed by atoms with Gasteiger partial charge < -0.3 is 105 Å². The van der Waals surface area contributed by atoms with Crippen LogP contribution >= 0.6 is 0 Å². The fourth-order valence-corrected chi connectivity index (χ4v) is 7.55. The largest absolute Gasteiger partial charge is 0.394 e. The third-order valence-electron chi connectivity index (χ3n) is 10.8. The van der Waals surface area contributed by atoms with Gasteiger partial charge in [0.2, 0.25) is 11.8 Å². The van der Waals surface area contributed by atoms with Crippen molar-refractivity contribution in [2.75, 3.05) is 33.0 Å². The molecule has 0 radical (unpaired) electrons. The second-order valence-electron chi connectivity index (χ2n) is 15.2. The van der Waals surface area contributed by atoms with Crippen molar-refractivity contribution in [3.8, 4) is 0 Å². The number of carbonyl (C=O) groups excluding carboxylic acids is 2. The Kier molecular flexibility index (Phi) is 19.9. The van der Waals surface area contributed by atoms with Crippen LogP contribution in [0.15, 0.2) is 0 Å². The molecule has 0 spiro atoms. The van der Waals surface area contributed by atoms with E-state index in [1.165, 1.54) is 0 Å². The Balaban J connectivity index is 1.55. The first-order chi connectivity index (χ1) is 28.1. The van der Waals surface area contributed by atoms with E-state index in [9.17, 15) is 65.8 Å². The highest BCUT2D eigenvalue weighted by Gasteiger charge is 2.56. The highest BCUT2D eigenvalue weighted by Crippen LogP contribution is 2.35. The summed E-state index contributed by atoms with van der Waals surface area (Å²) >= 11 is 0. The van der Waals surface area contributed by atoms with Crippen LogP contribution in [0.5, 0.6) is 0 Å². The molecule has 0 aliphatic carbocycles. The summed E-state index contributed by atoms with van der Waals surface area (Å²) in [5.41, 5.74) is 0. The number of hydrogen-bond donors (Lipinski definition) is 13. The molecule has 344 valence electrons. The van der Waals surface area contributed by atoms with Crippen LogP contribution in [0.3, 0.4) is 0 Å². The lowest BCUT2D eigenvalue weighted by Crippen LogP contribution is -2.71. The Bertz CT molecular complexity index is 1270. The van der Waals surface area contributed by atoms with Crippen LogP contribution in [0, 0.1) is 0 Å². The van der Waals surface area contributed by atoms with Gasteiger partial charge in [-0.1, -0.05) is 39.0 Å². The zero-order valence-corrected chi connectivity index (χ0v) is 33.3. The van der Waals surface area contributed by atoms with Gasteiger partial charge >= 0.3 is 0 Å². The number of aliphatic hydroxyl groups excluding tert-OH is 11. The summed E-state index contributed by atoms with van der Waals surface area (Å²) in [4.78, 5) is 24.6. The minimum absolute atomic E-state index is 0.199. The molecule has 0 saturated carbocycles. The van der Waals surface area contributed by atoms with Crippen LogP contribution in [-0.2, 0) is 47.5 Å². The number of carbonyl (C=O) groups is 2. The number of nitrogens with one attached hydrogen (secondary N) is 2. The first-order valence-electron chi connectivity index (χ1n) is 20.1. The van der Waals surface area contributed by atoms with Crippen molar-refractivity contribution in [1.29, 1.82) is 0 Å². The smallest absolute Gasteiger partial charge is 0.217 e. The molecule has 23 heteroatoms. The molecule has 0 aromatic carbocycles. The van der Waals surface area contributed by atoms with E-state index in [0.29, 0.717) is 6.42 Å². The van der Waals surface area contributed by atoms with E-state index in [-0.39, 0.29) is 6.61 Å². The average molecular weight is 861 g/mol. The Morgan fingerprint density at radius 2 is 0.932 bits per heavy atom. The predicted molar refractivity (Wildman–Crippen MR) is 194 cm³/mol. The van der Waals surface area contributed by atoms with Gasteiger partial charge in [-0.25, -0.2) is 0 Å². The van der Waals surface area contributed by atoms with Gasteiger partial charge in [-0.3, -0.25) is 9.59 Å². The Hall–Kier alpha value is -1.82. The Labute approximate surface area is 341 Å². The maximum absolute atomic E-state index is 12.6. The second-order valence-corrected chi connectivity index (χ2v) is 15.2. The highest BCUT2D eigenvalue weighted by molar-refractivity contribution is 5.73. The van der Waals surface area contributed by atoms with Crippen LogP contribution in [0.2, 0.25) is 0 Å². The lowest BCUT2D eigenvalue weighted by atomic mass is 9.93. The molecular formula is C36H64N2O21. The molecule has 13 N–H and O–H groups in total. The van der Waals surface area contributed by atoms with Crippen molar-refractivity contribution >= 4 is 11.8 Å². The van der Waals surface area contributed by atoms with Gasteiger partial charge in [-0.15, -0.1) is 0 Å². The van der Waals surface area contributed by atoms with Crippen molar-refractivity contribution in [3.05, 3.63) is 0 Å². The number of amides is 2. The summed E-state index contributed by atoms with van der Waals surface area (Å²) < 4.78 is 46.3. The molecule has 0 aromatic rings. The molecule has 2 amide bonds. The molecule has 4 fully saturated rings. The molecule has 59 heavy (non-hydrogen) atoms. The first-order valence-corrected chi connectivity index (χ1v) is 20.1. The van der Waals surface area contributed by atoms with E-state index >= 15 is 0 Å². The molecule has 0 unspecified atom stereocenters. The van der Waals surface area contributed by atoms with Crippen molar-refractivity contribution in [2.45, 2.75) is 182 Å². The lowest BCUT2D eigenvalue weighted by molar-refractivity contribution is -0.379. The van der Waals surface area contributed by atoms with Crippen molar-refractivity contribution < 1.29 is 104 Å². The van der Waals surface area contributed by atoms with Gasteiger partial charge in [0.05, 0.1) is 26.4 Å². The summed E-state index contributed by atoms with van der Waals surface area (Å²) in [6.45, 7) is 1.14. The van der Waals surface area contributed by atoms with Gasteiger partial charge in [0.25, 0.3) is 0 Å². The number of unbranched alkanes of at least 4 members (excludes halogenated alkanes) is 5. The normalized spacial score (nSPS) is 42.9. The van der Waals surface area contributed by atoms with E-state index in [1.54, 1.807) is 0 Å². The van der Waals surface area contributed by atoms with E-state index in [4.69, 9.17) is 37.9 Å². The van der Waals surface area contributed by atoms with Crippen LogP contribution < -0.4 is 10.6 Å². The quantitative estimate of drug-likeness (QED) is 0.0507. The zero-order valence-electron chi connectivity index (χ0n) is 33.3. The van der Waals surface area contributed by atoms with Gasteiger partial charge in [0.15, 0.2) is 25.2 Å². The van der Waals surface area contributed by atoms with E-state index in [1.807, 2.05) is 0 Å². The molecule has 4 aliphatic rings. The van der Waals surface area contributed by atoms with Crippen molar-refractivity contribution in [1.82, 2.24) is 10.6 Å². The molecule has 23 nitrogen and oxygen atoms in total. The molecule has 4 aliphatic heterocycles. The predicted octanol–water partition coefficient (Wildman–Crippen LogP) is -6.08. The maximum atomic E-state index is 12.6. The molecular weight excluding hydrogens is 796 g/mol. The molecule has 4 saturated heterocycles. The minimum Gasteiger partial charge on any atom is -0.394 e. The summed E-state index contributed by atoms with van der Waals surface area (Å²) in [6, 6.07) is -3.11. The average Bonchev–Trinajstić information content (AvgIpc) is 3.20. The summed E-state index contributed by atoms with van der Waals surface area (Å²) in [6.07, 6.45) is -24.6. The molecule has 20 atom stereocenters. The second kappa shape index (κ2) is 23.6. The van der Waals surface area contributed by atoms with Gasteiger partial charge in [-0.05, 0) is 6.42 Å². The fourth-order valence-electron chi connectivity index (χ4n) is 7.55. The third kappa shape index (κ3) is 12.4. The van der Waals surface area contributed by atoms with Crippen LogP contribution in [0.25, 0.3) is 0 Å². The highest BCUT2D eigenvalue weighted by atomic mass is 16.8. The third-order valence-corrected chi connectivity index (χ3v) is 10.8. The summed E-state index contributed by atoms with van der Waals surface area (Å²) in [7, 11) is 0. The van der Waals surface area contributed by atoms with Crippen LogP contribution in [0.1, 0.15) is 59.3 Å². The Morgan fingerprint density at radius 1 is 0.475 bits per heavy atom. The number of ether oxygens (including phenoxy) is 8. The minimum atomic E-state index is -2.02. The standard InChI is InChI=1S/C36H64N2O21/c1-4-5-6-7-8-9-10-52-35-28(50)27(49)30(20(14-42)56-35)57-36-29(51)32(25(47)19(13-41)55-36)59-34-22(38-16(3)44)31(24(46)18(12-40)54-34)58-33-21(37-15(2)43)26(48)23(45)17(11-39)53-33/h17-36,39-42,45-51H,4-14H2,1-3H3,(H,37,43)(H,38,44)/t17-,18-,19-,20-,21-,22-,23+,24+,25+,26-,27-,28-,29-,30+,31-,32+,33-,34-,35-,36-/m1/s1. The summed E-state index contributed by atoms with van der Waals surface area (Å²) in [5.74, 6) is -1.44. The number of rotatable bonds is 20. The van der Waals surface area contributed by atoms with Crippen LogP contribution in [0.4, 0.5) is 0 Å². The number of aliphatic hydroxyl groups is 11. The monoisotopic (exact) mass is 860 g/mol. The van der Waals surface area contributed by atoms with E-state index in [0.717, 1.165) is 46.0 Å². The molecule has 0 bridgehead atoms. The fraction of sp³-hybridized carbons (Fsp3) is 0.944. The lowest BCUT2D eigenvalue weighted by Gasteiger charge is -2.50. The molecule has 4 heterocycles.